The standard InChI is InChI=1S/C21H20N2O/c1-23(2)20-13-11-19(12-14-20)22-21(24)18-10-6-9-17(15-18)16-7-4-3-5-8-16/h3-15H,1-2H3,(H,22,24). The van der Waals surface area contributed by atoms with Gasteiger partial charge in [0.05, 0.1) is 0 Å². The summed E-state index contributed by atoms with van der Waals surface area (Å²) in [4.78, 5) is 14.5. The molecule has 0 saturated heterocycles. The fourth-order valence-corrected chi connectivity index (χ4v) is 2.52. The van der Waals surface area contributed by atoms with Gasteiger partial charge in [-0.25, -0.2) is 0 Å². The molecule has 0 atom stereocenters. The first-order valence-corrected chi connectivity index (χ1v) is 7.88. The molecule has 0 bridgehead atoms. The van der Waals surface area contributed by atoms with Gasteiger partial charge in [-0.15, -0.1) is 0 Å². The van der Waals surface area contributed by atoms with Crippen molar-refractivity contribution < 1.29 is 4.79 Å². The monoisotopic (exact) mass is 316 g/mol. The van der Waals surface area contributed by atoms with Crippen molar-refractivity contribution in [1.82, 2.24) is 0 Å². The molecule has 120 valence electrons. The molecule has 0 heterocycles. The number of nitrogens with one attached hydrogen (secondary N) is 1. The van der Waals surface area contributed by atoms with Crippen molar-refractivity contribution in [2.75, 3.05) is 24.3 Å². The third kappa shape index (κ3) is 3.63. The van der Waals surface area contributed by atoms with Crippen molar-refractivity contribution in [2.24, 2.45) is 0 Å². The van der Waals surface area contributed by atoms with Gasteiger partial charge in [0.25, 0.3) is 5.91 Å². The summed E-state index contributed by atoms with van der Waals surface area (Å²) in [5.74, 6) is -0.106. The Labute approximate surface area is 142 Å². The van der Waals surface area contributed by atoms with Gasteiger partial charge in [0.2, 0.25) is 0 Å². The van der Waals surface area contributed by atoms with Gasteiger partial charge in [-0.05, 0) is 47.5 Å². The van der Waals surface area contributed by atoms with Crippen LogP contribution in [0.3, 0.4) is 0 Å². The van der Waals surface area contributed by atoms with E-state index in [1.807, 2.05) is 97.9 Å². The van der Waals surface area contributed by atoms with Crippen molar-refractivity contribution >= 4 is 17.3 Å². The van der Waals surface area contributed by atoms with Crippen LogP contribution in [0.5, 0.6) is 0 Å². The van der Waals surface area contributed by atoms with E-state index in [1.165, 1.54) is 0 Å². The highest BCUT2D eigenvalue weighted by atomic mass is 16.1. The second-order valence-corrected chi connectivity index (χ2v) is 5.84. The van der Waals surface area contributed by atoms with Gasteiger partial charge in [-0.2, -0.15) is 0 Å². The highest BCUT2D eigenvalue weighted by Crippen LogP contribution is 2.21. The Balaban J connectivity index is 1.78. The molecule has 3 aromatic carbocycles. The molecule has 0 saturated carbocycles. The van der Waals surface area contributed by atoms with Gasteiger partial charge in [0, 0.05) is 31.0 Å². The van der Waals surface area contributed by atoms with E-state index >= 15 is 0 Å². The minimum atomic E-state index is -0.106. The molecular formula is C21H20N2O. The molecule has 3 nitrogen and oxygen atoms in total. The number of rotatable bonds is 4. The SMILES string of the molecule is CN(C)c1ccc(NC(=O)c2cccc(-c3ccccc3)c2)cc1. The first kappa shape index (κ1) is 15.8. The van der Waals surface area contributed by atoms with Crippen LogP contribution >= 0.6 is 0 Å². The Hall–Kier alpha value is -3.07. The highest BCUT2D eigenvalue weighted by molar-refractivity contribution is 6.05. The zero-order valence-corrected chi connectivity index (χ0v) is 13.9. The third-order valence-electron chi connectivity index (χ3n) is 3.87. The van der Waals surface area contributed by atoms with Crippen LogP contribution in [0.4, 0.5) is 11.4 Å². The van der Waals surface area contributed by atoms with Crippen LogP contribution in [0.1, 0.15) is 10.4 Å². The zero-order chi connectivity index (χ0) is 16.9. The molecule has 0 aliphatic heterocycles. The Morgan fingerprint density at radius 3 is 2.12 bits per heavy atom. The molecule has 3 aromatic rings. The predicted molar refractivity (Wildman–Crippen MR) is 101 cm³/mol. The first-order valence-electron chi connectivity index (χ1n) is 7.88. The van der Waals surface area contributed by atoms with Crippen molar-refractivity contribution in [2.45, 2.75) is 0 Å². The van der Waals surface area contributed by atoms with Crippen LogP contribution in [0.2, 0.25) is 0 Å². The average molecular weight is 316 g/mol. The van der Waals surface area contributed by atoms with Gasteiger partial charge in [0.15, 0.2) is 0 Å². The molecule has 0 spiro atoms. The number of benzene rings is 3. The number of nitrogens with zero attached hydrogens (tertiary/aromatic N) is 1. The van der Waals surface area contributed by atoms with Crippen LogP contribution < -0.4 is 10.2 Å². The number of carbonyl (C=O) groups excluding carboxylic acids is 1. The maximum absolute atomic E-state index is 12.5. The minimum absolute atomic E-state index is 0.106. The van der Waals surface area contributed by atoms with Crippen molar-refractivity contribution in [3.05, 3.63) is 84.4 Å². The largest absolute Gasteiger partial charge is 0.378 e. The molecule has 0 aliphatic carbocycles. The topological polar surface area (TPSA) is 32.3 Å². The number of anilines is 2. The van der Waals surface area contributed by atoms with Crippen LogP contribution in [-0.2, 0) is 0 Å². The normalized spacial score (nSPS) is 10.2. The molecule has 0 fully saturated rings. The maximum atomic E-state index is 12.5. The molecule has 0 aliphatic rings. The van der Waals surface area contributed by atoms with Crippen LogP contribution in [0.15, 0.2) is 78.9 Å². The van der Waals surface area contributed by atoms with Crippen molar-refractivity contribution in [1.29, 1.82) is 0 Å². The lowest BCUT2D eigenvalue weighted by atomic mass is 10.0. The van der Waals surface area contributed by atoms with E-state index < -0.39 is 0 Å². The summed E-state index contributed by atoms with van der Waals surface area (Å²) in [6, 6.07) is 25.5. The predicted octanol–water partition coefficient (Wildman–Crippen LogP) is 4.67. The molecule has 0 radical (unpaired) electrons. The molecule has 0 aromatic heterocycles. The van der Waals surface area contributed by atoms with Crippen LogP contribution in [-0.4, -0.2) is 20.0 Å². The highest BCUT2D eigenvalue weighted by Gasteiger charge is 2.08. The lowest BCUT2D eigenvalue weighted by Gasteiger charge is -2.13. The number of hydrogen-bond donors (Lipinski definition) is 1. The summed E-state index contributed by atoms with van der Waals surface area (Å²) in [6.45, 7) is 0. The van der Waals surface area contributed by atoms with Crippen LogP contribution in [0.25, 0.3) is 11.1 Å². The first-order chi connectivity index (χ1) is 11.6. The number of carbonyl (C=O) groups is 1. The van der Waals surface area contributed by atoms with Gasteiger partial charge in [0.1, 0.15) is 0 Å². The smallest absolute Gasteiger partial charge is 0.255 e. The summed E-state index contributed by atoms with van der Waals surface area (Å²) >= 11 is 0. The average Bonchev–Trinajstić information content (AvgIpc) is 2.63. The minimum Gasteiger partial charge on any atom is -0.378 e. The second-order valence-electron chi connectivity index (χ2n) is 5.84. The molecular weight excluding hydrogens is 296 g/mol. The van der Waals surface area contributed by atoms with Crippen LogP contribution in [0, 0.1) is 0 Å². The Kier molecular flexibility index (Phi) is 4.62. The van der Waals surface area contributed by atoms with Gasteiger partial charge in [-0.3, -0.25) is 4.79 Å². The Morgan fingerprint density at radius 1 is 0.792 bits per heavy atom. The van der Waals surface area contributed by atoms with Gasteiger partial charge in [-0.1, -0.05) is 42.5 Å². The lowest BCUT2D eigenvalue weighted by Crippen LogP contribution is -2.12. The van der Waals surface area contributed by atoms with Crippen molar-refractivity contribution in [3.8, 4) is 11.1 Å². The quantitative estimate of drug-likeness (QED) is 0.758. The van der Waals surface area contributed by atoms with Gasteiger partial charge >= 0.3 is 0 Å². The maximum Gasteiger partial charge on any atom is 0.255 e. The summed E-state index contributed by atoms with van der Waals surface area (Å²) in [7, 11) is 3.98. The van der Waals surface area contributed by atoms with E-state index in [1.54, 1.807) is 0 Å². The van der Waals surface area contributed by atoms with Crippen molar-refractivity contribution in [3.63, 3.8) is 0 Å². The van der Waals surface area contributed by atoms with E-state index in [-0.39, 0.29) is 5.91 Å². The fraction of sp³-hybridized carbons (Fsp3) is 0.0952. The number of hydrogen-bond acceptors (Lipinski definition) is 2. The Morgan fingerprint density at radius 2 is 1.46 bits per heavy atom. The summed E-state index contributed by atoms with van der Waals surface area (Å²) in [6.07, 6.45) is 0. The zero-order valence-electron chi connectivity index (χ0n) is 13.9. The molecule has 24 heavy (non-hydrogen) atoms. The number of amides is 1. The van der Waals surface area contributed by atoms with E-state index in [2.05, 4.69) is 5.32 Å². The molecule has 0 unspecified atom stereocenters. The second kappa shape index (κ2) is 7.01. The van der Waals surface area contributed by atoms with E-state index in [0.29, 0.717) is 5.56 Å². The summed E-state index contributed by atoms with van der Waals surface area (Å²) in [5, 5.41) is 2.95. The van der Waals surface area contributed by atoms with E-state index in [0.717, 1.165) is 22.5 Å². The van der Waals surface area contributed by atoms with E-state index in [9.17, 15) is 4.79 Å². The summed E-state index contributed by atoms with van der Waals surface area (Å²) < 4.78 is 0. The molecule has 1 N–H and O–H groups in total. The fourth-order valence-electron chi connectivity index (χ4n) is 2.52. The molecule has 3 rings (SSSR count). The summed E-state index contributed by atoms with van der Waals surface area (Å²) in [5.41, 5.74) is 4.66. The molecule has 1 amide bonds. The third-order valence-corrected chi connectivity index (χ3v) is 3.87. The molecule has 3 heteroatoms. The Bertz CT molecular complexity index is 824. The lowest BCUT2D eigenvalue weighted by molar-refractivity contribution is 0.102. The van der Waals surface area contributed by atoms with Gasteiger partial charge < -0.3 is 10.2 Å². The van der Waals surface area contributed by atoms with E-state index in [4.69, 9.17) is 0 Å².